The molecule has 0 radical (unpaired) electrons. The summed E-state index contributed by atoms with van der Waals surface area (Å²) < 4.78 is 39.5. The fraction of sp³-hybridized carbons (Fsp3) is 0.533. The van der Waals surface area contributed by atoms with E-state index in [0.717, 1.165) is 34.5 Å². The Morgan fingerprint density at radius 3 is 2.56 bits per heavy atom. The maximum atomic E-state index is 12.5. The number of alkyl halides is 3. The molecule has 0 unspecified atom stereocenters. The largest absolute Gasteiger partial charge is 0.434 e. The maximum absolute atomic E-state index is 12.5. The highest BCUT2D eigenvalue weighted by atomic mass is 32.1. The molecule has 0 aliphatic rings. The Labute approximate surface area is 148 Å². The van der Waals surface area contributed by atoms with Crippen LogP contribution in [0.25, 0.3) is 0 Å². The number of thiazole rings is 1. The van der Waals surface area contributed by atoms with Gasteiger partial charge in [0, 0.05) is 31.7 Å². The highest BCUT2D eigenvalue weighted by molar-refractivity contribution is 7.09. The lowest BCUT2D eigenvalue weighted by Gasteiger charge is -2.11. The van der Waals surface area contributed by atoms with Crippen LogP contribution in [0, 0.1) is 13.8 Å². The standard InChI is InChI=1S/C15H21F3N6S/c1-9-11(10(2)24(4)23-9)5-6-20-14(19-3)21-7-13-22-12(8-25-13)15(16,17)18/h8H,5-7H2,1-4H3,(H2,19,20,21). The van der Waals surface area contributed by atoms with Gasteiger partial charge in [0.2, 0.25) is 0 Å². The first kappa shape index (κ1) is 19.2. The number of aromatic nitrogens is 3. The van der Waals surface area contributed by atoms with Crippen molar-refractivity contribution in [3.05, 3.63) is 33.0 Å². The number of hydrogen-bond donors (Lipinski definition) is 2. The molecule has 2 aromatic heterocycles. The molecule has 0 saturated heterocycles. The topological polar surface area (TPSA) is 67.1 Å². The minimum Gasteiger partial charge on any atom is -0.356 e. The van der Waals surface area contributed by atoms with Crippen LogP contribution >= 0.6 is 11.3 Å². The molecule has 0 atom stereocenters. The van der Waals surface area contributed by atoms with Gasteiger partial charge >= 0.3 is 6.18 Å². The molecule has 0 aliphatic carbocycles. The second-order valence-corrected chi connectivity index (χ2v) is 6.44. The van der Waals surface area contributed by atoms with E-state index in [2.05, 4.69) is 25.7 Å². The number of nitrogens with zero attached hydrogens (tertiary/aromatic N) is 4. The smallest absolute Gasteiger partial charge is 0.356 e. The third-order valence-corrected chi connectivity index (χ3v) is 4.65. The molecule has 25 heavy (non-hydrogen) atoms. The molecule has 2 heterocycles. The van der Waals surface area contributed by atoms with Crippen molar-refractivity contribution in [3.63, 3.8) is 0 Å². The molecule has 0 saturated carbocycles. The molecule has 138 valence electrons. The molecule has 0 amide bonds. The van der Waals surface area contributed by atoms with Crippen LogP contribution in [0.2, 0.25) is 0 Å². The number of aryl methyl sites for hydroxylation is 2. The van der Waals surface area contributed by atoms with Gasteiger partial charge in [-0.15, -0.1) is 11.3 Å². The van der Waals surface area contributed by atoms with Gasteiger partial charge in [0.05, 0.1) is 12.2 Å². The van der Waals surface area contributed by atoms with Crippen LogP contribution < -0.4 is 10.6 Å². The Hall–Kier alpha value is -2.10. The number of hydrogen-bond acceptors (Lipinski definition) is 4. The monoisotopic (exact) mass is 374 g/mol. The molecule has 0 spiro atoms. The normalized spacial score (nSPS) is 12.5. The SMILES string of the molecule is CN=C(NCCc1c(C)nn(C)c1C)NCc1nc(C(F)(F)F)cs1. The van der Waals surface area contributed by atoms with Crippen molar-refractivity contribution in [3.8, 4) is 0 Å². The molecule has 10 heteroatoms. The third-order valence-electron chi connectivity index (χ3n) is 3.80. The first-order valence-electron chi connectivity index (χ1n) is 7.67. The van der Waals surface area contributed by atoms with Gasteiger partial charge in [0.1, 0.15) is 5.01 Å². The molecule has 0 fully saturated rings. The number of rotatable bonds is 5. The lowest BCUT2D eigenvalue weighted by molar-refractivity contribution is -0.140. The van der Waals surface area contributed by atoms with Crippen molar-refractivity contribution in [2.24, 2.45) is 12.0 Å². The van der Waals surface area contributed by atoms with E-state index in [9.17, 15) is 13.2 Å². The zero-order chi connectivity index (χ0) is 18.6. The lowest BCUT2D eigenvalue weighted by atomic mass is 10.1. The van der Waals surface area contributed by atoms with Crippen molar-refractivity contribution >= 4 is 17.3 Å². The van der Waals surface area contributed by atoms with Crippen LogP contribution in [0.3, 0.4) is 0 Å². The van der Waals surface area contributed by atoms with Gasteiger partial charge < -0.3 is 10.6 Å². The zero-order valence-corrected chi connectivity index (χ0v) is 15.3. The molecule has 2 N–H and O–H groups in total. The summed E-state index contributed by atoms with van der Waals surface area (Å²) in [5, 5.41) is 11.9. The molecule has 0 aliphatic heterocycles. The van der Waals surface area contributed by atoms with E-state index in [1.54, 1.807) is 7.05 Å². The van der Waals surface area contributed by atoms with Gasteiger partial charge in [-0.05, 0) is 25.8 Å². The summed E-state index contributed by atoms with van der Waals surface area (Å²) in [5.74, 6) is 0.517. The quantitative estimate of drug-likeness (QED) is 0.623. The van der Waals surface area contributed by atoms with Crippen molar-refractivity contribution in [2.45, 2.75) is 33.0 Å². The van der Waals surface area contributed by atoms with Crippen LogP contribution in [0.5, 0.6) is 0 Å². The number of nitrogens with one attached hydrogen (secondary N) is 2. The van der Waals surface area contributed by atoms with Gasteiger partial charge in [-0.2, -0.15) is 18.3 Å². The summed E-state index contributed by atoms with van der Waals surface area (Å²) in [6, 6.07) is 0. The molecular weight excluding hydrogens is 353 g/mol. The second kappa shape index (κ2) is 7.85. The highest BCUT2D eigenvalue weighted by Gasteiger charge is 2.33. The Kier molecular flexibility index (Phi) is 6.04. The Morgan fingerprint density at radius 1 is 1.32 bits per heavy atom. The lowest BCUT2D eigenvalue weighted by Crippen LogP contribution is -2.37. The molecule has 2 aromatic rings. The summed E-state index contributed by atoms with van der Waals surface area (Å²) >= 11 is 0.969. The summed E-state index contributed by atoms with van der Waals surface area (Å²) in [4.78, 5) is 7.65. The average Bonchev–Trinajstić information content (AvgIpc) is 3.10. The maximum Gasteiger partial charge on any atom is 0.434 e. The fourth-order valence-corrected chi connectivity index (χ4v) is 3.13. The predicted molar refractivity (Wildman–Crippen MR) is 91.7 cm³/mol. The summed E-state index contributed by atoms with van der Waals surface area (Å²) in [6.07, 6.45) is -3.63. The van der Waals surface area contributed by atoms with Gasteiger partial charge in [-0.1, -0.05) is 0 Å². The van der Waals surface area contributed by atoms with Crippen LogP contribution in [0.1, 0.15) is 27.7 Å². The van der Waals surface area contributed by atoms with Crippen molar-refractivity contribution < 1.29 is 13.2 Å². The molecular formula is C15H21F3N6S. The number of guanidine groups is 1. The second-order valence-electron chi connectivity index (χ2n) is 5.50. The van der Waals surface area contributed by atoms with Gasteiger partial charge in [-0.3, -0.25) is 9.67 Å². The van der Waals surface area contributed by atoms with Crippen molar-refractivity contribution in [1.82, 2.24) is 25.4 Å². The zero-order valence-electron chi connectivity index (χ0n) is 14.5. The van der Waals surface area contributed by atoms with E-state index in [-0.39, 0.29) is 6.54 Å². The third kappa shape index (κ3) is 4.94. The van der Waals surface area contributed by atoms with Gasteiger partial charge in [0.25, 0.3) is 0 Å². The summed E-state index contributed by atoms with van der Waals surface area (Å²) in [6.45, 7) is 4.81. The van der Waals surface area contributed by atoms with E-state index in [1.165, 1.54) is 5.56 Å². The van der Waals surface area contributed by atoms with E-state index in [0.29, 0.717) is 17.5 Å². The molecule has 2 rings (SSSR count). The van der Waals surface area contributed by atoms with E-state index < -0.39 is 11.9 Å². The average molecular weight is 374 g/mol. The minimum absolute atomic E-state index is 0.186. The van der Waals surface area contributed by atoms with E-state index in [1.807, 2.05) is 25.6 Å². The van der Waals surface area contributed by atoms with Gasteiger partial charge in [0.15, 0.2) is 11.7 Å². The Balaban J connectivity index is 1.84. The molecule has 0 aromatic carbocycles. The van der Waals surface area contributed by atoms with Gasteiger partial charge in [-0.25, -0.2) is 4.98 Å². The Bertz CT molecular complexity index is 747. The minimum atomic E-state index is -4.41. The predicted octanol–water partition coefficient (Wildman–Crippen LogP) is 2.42. The first-order valence-corrected chi connectivity index (χ1v) is 8.55. The van der Waals surface area contributed by atoms with E-state index >= 15 is 0 Å². The first-order chi connectivity index (χ1) is 11.7. The molecule has 0 bridgehead atoms. The van der Waals surface area contributed by atoms with Crippen molar-refractivity contribution in [1.29, 1.82) is 0 Å². The number of halogens is 3. The summed E-state index contributed by atoms with van der Waals surface area (Å²) in [5.41, 5.74) is 2.43. The van der Waals surface area contributed by atoms with Crippen LogP contribution in [0.4, 0.5) is 13.2 Å². The molecule has 6 nitrogen and oxygen atoms in total. The van der Waals surface area contributed by atoms with Crippen LogP contribution in [-0.4, -0.2) is 34.3 Å². The Morgan fingerprint density at radius 2 is 2.04 bits per heavy atom. The fourth-order valence-electron chi connectivity index (χ4n) is 2.39. The number of aliphatic imine (C=N–C) groups is 1. The van der Waals surface area contributed by atoms with Crippen LogP contribution in [-0.2, 0) is 26.2 Å². The highest BCUT2D eigenvalue weighted by Crippen LogP contribution is 2.29. The van der Waals surface area contributed by atoms with E-state index in [4.69, 9.17) is 0 Å². The van der Waals surface area contributed by atoms with Crippen molar-refractivity contribution in [2.75, 3.05) is 13.6 Å². The summed E-state index contributed by atoms with van der Waals surface area (Å²) in [7, 11) is 3.52. The van der Waals surface area contributed by atoms with Crippen LogP contribution in [0.15, 0.2) is 10.4 Å².